The molecule has 0 bridgehead atoms. The molecule has 2 aromatic heterocycles. The topological polar surface area (TPSA) is 95.8 Å². The van der Waals surface area contributed by atoms with Crippen molar-refractivity contribution in [1.82, 2.24) is 19.5 Å². The molecule has 8 nitrogen and oxygen atoms in total. The minimum atomic E-state index is -3.69. The number of carbonyl (C=O) groups is 1. The molecule has 0 spiro atoms. The molecule has 0 radical (unpaired) electrons. The molecule has 1 aliphatic heterocycles. The Labute approximate surface area is 198 Å². The largest absolute Gasteiger partial charge is 0.467 e. The highest BCUT2D eigenvalue weighted by Gasteiger charge is 2.28. The van der Waals surface area contributed by atoms with Crippen LogP contribution in [0.5, 0.6) is 0 Å². The van der Waals surface area contributed by atoms with Gasteiger partial charge in [0.25, 0.3) is 5.91 Å². The van der Waals surface area contributed by atoms with Gasteiger partial charge in [-0.3, -0.25) is 9.78 Å². The lowest BCUT2D eigenvalue weighted by atomic mass is 10.1. The number of furan rings is 1. The first-order valence-corrected chi connectivity index (χ1v) is 12.6. The zero-order valence-electron chi connectivity index (χ0n) is 18.7. The van der Waals surface area contributed by atoms with Gasteiger partial charge < -0.3 is 14.6 Å². The van der Waals surface area contributed by atoms with E-state index in [2.05, 4.69) is 15.2 Å². The van der Waals surface area contributed by atoms with Crippen molar-refractivity contribution in [3.63, 3.8) is 0 Å². The number of halogens is 1. The normalized spacial score (nSPS) is 15.3. The molecule has 0 aliphatic carbocycles. The first-order valence-electron chi connectivity index (χ1n) is 11.1. The van der Waals surface area contributed by atoms with Gasteiger partial charge in [-0.15, -0.1) is 0 Å². The summed E-state index contributed by atoms with van der Waals surface area (Å²) in [6.07, 6.45) is 6.48. The predicted octanol–water partition coefficient (Wildman–Crippen LogP) is 2.68. The maximum Gasteiger partial charge on any atom is 0.253 e. The van der Waals surface area contributed by atoms with Gasteiger partial charge in [0, 0.05) is 38.6 Å². The second-order valence-electron chi connectivity index (χ2n) is 8.15. The number of nitrogens with one attached hydrogen (secondary N) is 1. The van der Waals surface area contributed by atoms with Crippen LogP contribution < -0.4 is 5.32 Å². The van der Waals surface area contributed by atoms with Crippen LogP contribution >= 0.6 is 0 Å². The fraction of sp³-hybridized carbons (Fsp3) is 0.333. The Hall–Kier alpha value is -3.08. The van der Waals surface area contributed by atoms with Gasteiger partial charge >= 0.3 is 0 Å². The summed E-state index contributed by atoms with van der Waals surface area (Å²) in [5, 5.41) is 2.81. The SMILES string of the molecule is O=C(NCc1ccco1)c1cncc(CCCN2CCN(S(=O)(=O)c3cccc(F)c3)CC2)c1. The number of hydrogen-bond acceptors (Lipinski definition) is 6. The molecule has 0 saturated carbocycles. The third-order valence-corrected chi connectivity index (χ3v) is 7.66. The zero-order valence-corrected chi connectivity index (χ0v) is 19.5. The van der Waals surface area contributed by atoms with E-state index >= 15 is 0 Å². The van der Waals surface area contributed by atoms with Crippen molar-refractivity contribution in [3.8, 4) is 0 Å². The minimum absolute atomic E-state index is 0.0125. The smallest absolute Gasteiger partial charge is 0.253 e. The van der Waals surface area contributed by atoms with E-state index in [1.165, 1.54) is 22.5 Å². The zero-order chi connectivity index (χ0) is 24.0. The van der Waals surface area contributed by atoms with E-state index in [-0.39, 0.29) is 10.8 Å². The van der Waals surface area contributed by atoms with Crippen LogP contribution in [0.4, 0.5) is 4.39 Å². The molecule has 3 aromatic rings. The number of amides is 1. The molecule has 4 rings (SSSR count). The van der Waals surface area contributed by atoms with E-state index in [0.717, 1.165) is 31.0 Å². The van der Waals surface area contributed by atoms with E-state index in [1.54, 1.807) is 30.8 Å². The molecule has 1 amide bonds. The third kappa shape index (κ3) is 6.07. The van der Waals surface area contributed by atoms with Crippen molar-refractivity contribution in [1.29, 1.82) is 0 Å². The minimum Gasteiger partial charge on any atom is -0.467 e. The summed E-state index contributed by atoms with van der Waals surface area (Å²) < 4.78 is 45.6. The van der Waals surface area contributed by atoms with Crippen molar-refractivity contribution < 1.29 is 22.0 Å². The molecular weight excluding hydrogens is 459 g/mol. The Kier molecular flexibility index (Phi) is 7.71. The van der Waals surface area contributed by atoms with Gasteiger partial charge in [-0.1, -0.05) is 6.07 Å². The molecule has 1 saturated heterocycles. The van der Waals surface area contributed by atoms with Crippen LogP contribution in [-0.2, 0) is 23.0 Å². The molecule has 0 unspecified atom stereocenters. The number of sulfonamides is 1. The molecule has 180 valence electrons. The van der Waals surface area contributed by atoms with E-state index < -0.39 is 15.8 Å². The average molecular weight is 487 g/mol. The van der Waals surface area contributed by atoms with Crippen LogP contribution in [0, 0.1) is 5.82 Å². The van der Waals surface area contributed by atoms with Crippen LogP contribution in [0.25, 0.3) is 0 Å². The fourth-order valence-electron chi connectivity index (χ4n) is 3.91. The summed E-state index contributed by atoms with van der Waals surface area (Å²) >= 11 is 0. The number of carbonyl (C=O) groups excluding carboxylic acids is 1. The molecule has 1 aliphatic rings. The lowest BCUT2D eigenvalue weighted by molar-refractivity contribution is 0.0947. The summed E-state index contributed by atoms with van der Waals surface area (Å²) in [7, 11) is -3.69. The number of aromatic nitrogens is 1. The second-order valence-corrected chi connectivity index (χ2v) is 10.1. The molecule has 10 heteroatoms. The van der Waals surface area contributed by atoms with Gasteiger partial charge in [-0.05, 0) is 61.3 Å². The summed E-state index contributed by atoms with van der Waals surface area (Å²) in [4.78, 5) is 18.8. The van der Waals surface area contributed by atoms with Gasteiger partial charge in [0.2, 0.25) is 10.0 Å². The van der Waals surface area contributed by atoms with Crippen molar-refractivity contribution in [2.45, 2.75) is 24.3 Å². The number of nitrogens with zero attached hydrogens (tertiary/aromatic N) is 3. The quantitative estimate of drug-likeness (QED) is 0.500. The maximum absolute atomic E-state index is 13.5. The Balaban J connectivity index is 1.22. The third-order valence-electron chi connectivity index (χ3n) is 5.77. The Morgan fingerprint density at radius 1 is 1.09 bits per heavy atom. The number of aryl methyl sites for hydroxylation is 1. The summed E-state index contributed by atoms with van der Waals surface area (Å²) in [5.74, 6) is -0.0871. The number of piperazine rings is 1. The van der Waals surface area contributed by atoms with Crippen LogP contribution in [-0.4, -0.2) is 61.2 Å². The van der Waals surface area contributed by atoms with Crippen LogP contribution in [0.3, 0.4) is 0 Å². The van der Waals surface area contributed by atoms with E-state index in [1.807, 2.05) is 6.07 Å². The first kappa shape index (κ1) is 24.1. The number of hydrogen-bond donors (Lipinski definition) is 1. The number of rotatable bonds is 9. The first-order chi connectivity index (χ1) is 16.4. The van der Waals surface area contributed by atoms with E-state index in [4.69, 9.17) is 4.42 Å². The molecular formula is C24H27FN4O4S. The van der Waals surface area contributed by atoms with Gasteiger partial charge in [-0.2, -0.15) is 4.31 Å². The highest BCUT2D eigenvalue weighted by atomic mass is 32.2. The Morgan fingerprint density at radius 3 is 2.65 bits per heavy atom. The standard InChI is InChI=1S/C24H27FN4O4S/c25-21-5-1-7-23(15-21)34(31,32)29-11-9-28(10-12-29)8-2-4-19-14-20(17-26-16-19)24(30)27-18-22-6-3-13-33-22/h1,3,5-7,13-17H,2,4,8-12,18H2,(H,27,30). The number of benzene rings is 1. The van der Waals surface area contributed by atoms with Crippen LogP contribution in [0.1, 0.15) is 28.1 Å². The van der Waals surface area contributed by atoms with Gasteiger partial charge in [0.1, 0.15) is 11.6 Å². The molecule has 1 N–H and O–H groups in total. The maximum atomic E-state index is 13.5. The molecule has 3 heterocycles. The summed E-state index contributed by atoms with van der Waals surface area (Å²) in [5.41, 5.74) is 1.47. The fourth-order valence-corrected chi connectivity index (χ4v) is 5.36. The monoisotopic (exact) mass is 486 g/mol. The summed E-state index contributed by atoms with van der Waals surface area (Å²) in [6.45, 7) is 3.08. The van der Waals surface area contributed by atoms with Gasteiger partial charge in [0.05, 0.1) is 23.3 Å². The van der Waals surface area contributed by atoms with Crippen LogP contribution in [0.15, 0.2) is 70.4 Å². The summed E-state index contributed by atoms with van der Waals surface area (Å²) in [6, 6.07) is 10.5. The van der Waals surface area contributed by atoms with Crippen molar-refractivity contribution >= 4 is 15.9 Å². The van der Waals surface area contributed by atoms with Gasteiger partial charge in [-0.25, -0.2) is 12.8 Å². The Morgan fingerprint density at radius 2 is 1.91 bits per heavy atom. The van der Waals surface area contributed by atoms with E-state index in [0.29, 0.717) is 44.0 Å². The lowest BCUT2D eigenvalue weighted by Gasteiger charge is -2.34. The Bertz CT molecular complexity index is 1210. The predicted molar refractivity (Wildman–Crippen MR) is 124 cm³/mol. The van der Waals surface area contributed by atoms with Crippen LogP contribution in [0.2, 0.25) is 0 Å². The lowest BCUT2D eigenvalue weighted by Crippen LogP contribution is -2.48. The highest BCUT2D eigenvalue weighted by molar-refractivity contribution is 7.89. The second kappa shape index (κ2) is 10.9. The van der Waals surface area contributed by atoms with Crippen molar-refractivity contribution in [3.05, 3.63) is 83.8 Å². The highest BCUT2D eigenvalue weighted by Crippen LogP contribution is 2.18. The van der Waals surface area contributed by atoms with Crippen molar-refractivity contribution in [2.24, 2.45) is 0 Å². The van der Waals surface area contributed by atoms with Crippen molar-refractivity contribution in [2.75, 3.05) is 32.7 Å². The molecule has 1 fully saturated rings. The average Bonchev–Trinajstić information content (AvgIpc) is 3.37. The molecule has 1 aromatic carbocycles. The molecule has 0 atom stereocenters. The van der Waals surface area contributed by atoms with E-state index in [9.17, 15) is 17.6 Å². The number of pyridine rings is 1. The van der Waals surface area contributed by atoms with Gasteiger partial charge in [0.15, 0.2) is 0 Å². The molecule has 34 heavy (non-hydrogen) atoms.